The predicted molar refractivity (Wildman–Crippen MR) is 119 cm³/mol. The van der Waals surface area contributed by atoms with Crippen LogP contribution in [0.2, 0.25) is 0 Å². The topological polar surface area (TPSA) is 72.9 Å². The number of imide groups is 1. The largest absolute Gasteiger partial charge is 0.488 e. The first kappa shape index (κ1) is 22.1. The molecule has 2 aromatic carbocycles. The van der Waals surface area contributed by atoms with E-state index >= 15 is 0 Å². The van der Waals surface area contributed by atoms with Gasteiger partial charge in [-0.25, -0.2) is 0 Å². The standard InChI is InChI=1S/C22H20BrNO5S/c1-14(2)29-20(25)12-24-21(26)19(30-22(24)27)11-16-5-3-4-6-18(16)28-13-15-7-9-17(23)10-8-15/h3-11,14H,12-13H2,1-2H3/b19-11-. The Morgan fingerprint density at radius 3 is 2.53 bits per heavy atom. The Labute approximate surface area is 187 Å². The molecule has 0 aromatic heterocycles. The fourth-order valence-corrected chi connectivity index (χ4v) is 3.77. The van der Waals surface area contributed by atoms with Gasteiger partial charge in [0.05, 0.1) is 11.0 Å². The number of benzene rings is 2. The Kier molecular flexibility index (Phi) is 7.33. The van der Waals surface area contributed by atoms with Crippen molar-refractivity contribution in [1.29, 1.82) is 0 Å². The highest BCUT2D eigenvalue weighted by molar-refractivity contribution is 9.10. The molecule has 6 nitrogen and oxygen atoms in total. The quantitative estimate of drug-likeness (QED) is 0.401. The number of rotatable bonds is 7. The number of carbonyl (C=O) groups excluding carboxylic acids is 3. The SMILES string of the molecule is CC(C)OC(=O)CN1C(=O)S/C(=C\c2ccccc2OCc2ccc(Br)cc2)C1=O. The zero-order chi connectivity index (χ0) is 21.7. The summed E-state index contributed by atoms with van der Waals surface area (Å²) in [6.45, 7) is 3.37. The van der Waals surface area contributed by atoms with Gasteiger partial charge in [-0.05, 0) is 55.4 Å². The van der Waals surface area contributed by atoms with Crippen molar-refractivity contribution < 1.29 is 23.9 Å². The second-order valence-electron chi connectivity index (χ2n) is 6.76. The molecule has 0 radical (unpaired) electrons. The van der Waals surface area contributed by atoms with Crippen molar-refractivity contribution in [3.63, 3.8) is 0 Å². The Morgan fingerprint density at radius 1 is 1.13 bits per heavy atom. The summed E-state index contributed by atoms with van der Waals surface area (Å²) < 4.78 is 11.9. The highest BCUT2D eigenvalue weighted by Crippen LogP contribution is 2.34. The van der Waals surface area contributed by atoms with Crippen molar-refractivity contribution >= 4 is 50.9 Å². The van der Waals surface area contributed by atoms with Crippen LogP contribution in [-0.4, -0.2) is 34.7 Å². The van der Waals surface area contributed by atoms with E-state index in [1.807, 2.05) is 36.4 Å². The molecule has 1 fully saturated rings. The number of esters is 1. The average Bonchev–Trinajstić information content (AvgIpc) is 2.95. The van der Waals surface area contributed by atoms with Crippen molar-refractivity contribution in [2.24, 2.45) is 0 Å². The van der Waals surface area contributed by atoms with Crippen LogP contribution >= 0.6 is 27.7 Å². The number of carbonyl (C=O) groups is 3. The molecule has 2 aromatic rings. The predicted octanol–water partition coefficient (Wildman–Crippen LogP) is 5.02. The van der Waals surface area contributed by atoms with Gasteiger partial charge in [0.1, 0.15) is 18.9 Å². The normalized spacial score (nSPS) is 15.2. The smallest absolute Gasteiger partial charge is 0.326 e. The van der Waals surface area contributed by atoms with E-state index < -0.39 is 23.7 Å². The van der Waals surface area contributed by atoms with Gasteiger partial charge in [-0.1, -0.05) is 46.3 Å². The van der Waals surface area contributed by atoms with Crippen molar-refractivity contribution in [2.75, 3.05) is 6.54 Å². The second-order valence-corrected chi connectivity index (χ2v) is 8.67. The number of halogens is 1. The van der Waals surface area contributed by atoms with E-state index in [4.69, 9.17) is 9.47 Å². The van der Waals surface area contributed by atoms with Crippen molar-refractivity contribution in [3.8, 4) is 5.75 Å². The van der Waals surface area contributed by atoms with Crippen molar-refractivity contribution in [1.82, 2.24) is 4.90 Å². The van der Waals surface area contributed by atoms with E-state index in [2.05, 4.69) is 15.9 Å². The fraction of sp³-hybridized carbons (Fsp3) is 0.227. The molecule has 0 spiro atoms. The first-order chi connectivity index (χ1) is 14.3. The molecule has 1 heterocycles. The molecule has 0 N–H and O–H groups in total. The summed E-state index contributed by atoms with van der Waals surface area (Å²) in [6.07, 6.45) is 1.29. The van der Waals surface area contributed by atoms with E-state index in [9.17, 15) is 14.4 Å². The first-order valence-electron chi connectivity index (χ1n) is 9.24. The lowest BCUT2D eigenvalue weighted by atomic mass is 10.1. The maximum atomic E-state index is 12.6. The van der Waals surface area contributed by atoms with Gasteiger partial charge >= 0.3 is 5.97 Å². The number of amides is 2. The van der Waals surface area contributed by atoms with Gasteiger partial charge in [0, 0.05) is 10.0 Å². The van der Waals surface area contributed by atoms with Gasteiger partial charge in [-0.3, -0.25) is 19.3 Å². The number of hydrogen-bond donors (Lipinski definition) is 0. The minimum atomic E-state index is -0.619. The summed E-state index contributed by atoms with van der Waals surface area (Å²) >= 11 is 4.19. The van der Waals surface area contributed by atoms with Gasteiger partial charge in [-0.2, -0.15) is 0 Å². The molecule has 2 amide bonds. The van der Waals surface area contributed by atoms with Crippen LogP contribution < -0.4 is 4.74 Å². The number of nitrogens with zero attached hydrogens (tertiary/aromatic N) is 1. The number of para-hydroxylation sites is 1. The van der Waals surface area contributed by atoms with Crippen LogP contribution in [0.5, 0.6) is 5.75 Å². The molecule has 0 saturated carbocycles. The molecule has 1 aliphatic heterocycles. The molecule has 0 atom stereocenters. The summed E-state index contributed by atoms with van der Waals surface area (Å²) in [5.41, 5.74) is 1.67. The van der Waals surface area contributed by atoms with Gasteiger partial charge in [-0.15, -0.1) is 0 Å². The zero-order valence-corrected chi connectivity index (χ0v) is 18.9. The maximum absolute atomic E-state index is 12.6. The third kappa shape index (κ3) is 5.73. The van der Waals surface area contributed by atoms with E-state index in [0.29, 0.717) is 17.9 Å². The van der Waals surface area contributed by atoms with Crippen LogP contribution in [0.15, 0.2) is 57.9 Å². The molecule has 156 valence electrons. The van der Waals surface area contributed by atoms with Crippen molar-refractivity contribution in [3.05, 3.63) is 69.0 Å². The lowest BCUT2D eigenvalue weighted by Gasteiger charge is -2.13. The lowest BCUT2D eigenvalue weighted by molar-refractivity contribution is -0.149. The van der Waals surface area contributed by atoms with Crippen LogP contribution in [0.25, 0.3) is 6.08 Å². The fourth-order valence-electron chi connectivity index (χ4n) is 2.68. The van der Waals surface area contributed by atoms with E-state index in [1.54, 1.807) is 32.1 Å². The maximum Gasteiger partial charge on any atom is 0.326 e. The zero-order valence-electron chi connectivity index (χ0n) is 16.5. The molecule has 1 aliphatic rings. The third-order valence-corrected chi connectivity index (χ3v) is 5.48. The summed E-state index contributed by atoms with van der Waals surface area (Å²) in [6, 6.07) is 15.0. The lowest BCUT2D eigenvalue weighted by Crippen LogP contribution is -2.35. The highest BCUT2D eigenvalue weighted by Gasteiger charge is 2.37. The molecular weight excluding hydrogens is 470 g/mol. The number of thioether (sulfide) groups is 1. The van der Waals surface area contributed by atoms with Gasteiger partial charge in [0.15, 0.2) is 0 Å². The van der Waals surface area contributed by atoms with Gasteiger partial charge < -0.3 is 9.47 Å². The molecule has 3 rings (SSSR count). The average molecular weight is 490 g/mol. The van der Waals surface area contributed by atoms with Crippen LogP contribution in [0.3, 0.4) is 0 Å². The van der Waals surface area contributed by atoms with Gasteiger partial charge in [0.2, 0.25) is 0 Å². The molecular formula is C22H20BrNO5S. The highest BCUT2D eigenvalue weighted by atomic mass is 79.9. The summed E-state index contributed by atoms with van der Waals surface area (Å²) in [5.74, 6) is -0.549. The summed E-state index contributed by atoms with van der Waals surface area (Å²) in [7, 11) is 0. The summed E-state index contributed by atoms with van der Waals surface area (Å²) in [4.78, 5) is 37.8. The molecule has 30 heavy (non-hydrogen) atoms. The van der Waals surface area contributed by atoms with Crippen LogP contribution in [-0.2, 0) is 20.9 Å². The molecule has 0 aliphatic carbocycles. The minimum absolute atomic E-state index is 0.233. The molecule has 1 saturated heterocycles. The van der Waals surface area contributed by atoms with E-state index in [0.717, 1.165) is 26.7 Å². The monoisotopic (exact) mass is 489 g/mol. The van der Waals surface area contributed by atoms with Crippen LogP contribution in [0.1, 0.15) is 25.0 Å². The van der Waals surface area contributed by atoms with E-state index in [1.165, 1.54) is 0 Å². The van der Waals surface area contributed by atoms with Gasteiger partial charge in [0.25, 0.3) is 11.1 Å². The Balaban J connectivity index is 1.73. The van der Waals surface area contributed by atoms with E-state index in [-0.39, 0.29) is 11.0 Å². The minimum Gasteiger partial charge on any atom is -0.488 e. The molecule has 8 heteroatoms. The Hall–Kier alpha value is -2.58. The summed E-state index contributed by atoms with van der Waals surface area (Å²) in [5, 5.41) is -0.500. The van der Waals surface area contributed by atoms with Crippen LogP contribution in [0, 0.1) is 0 Å². The number of hydrogen-bond acceptors (Lipinski definition) is 6. The first-order valence-corrected chi connectivity index (χ1v) is 10.9. The second kappa shape index (κ2) is 9.95. The third-order valence-electron chi connectivity index (χ3n) is 4.04. The Bertz CT molecular complexity index is 987. The van der Waals surface area contributed by atoms with Crippen molar-refractivity contribution in [2.45, 2.75) is 26.6 Å². The number of ether oxygens (including phenoxy) is 2. The Morgan fingerprint density at radius 2 is 1.83 bits per heavy atom. The van der Waals surface area contributed by atoms with Crippen LogP contribution in [0.4, 0.5) is 4.79 Å². The molecule has 0 bridgehead atoms. The molecule has 0 unspecified atom stereocenters.